The lowest BCUT2D eigenvalue weighted by Crippen LogP contribution is -2.28. The summed E-state index contributed by atoms with van der Waals surface area (Å²) in [5, 5.41) is 13.9. The van der Waals surface area contributed by atoms with Crippen molar-refractivity contribution in [3.05, 3.63) is 40.7 Å². The Balaban J connectivity index is 1.63. The van der Waals surface area contributed by atoms with Crippen LogP contribution in [0.15, 0.2) is 18.2 Å². The number of aromatic amines is 1. The van der Waals surface area contributed by atoms with Gasteiger partial charge in [0.05, 0.1) is 0 Å². The molecule has 0 aliphatic heterocycles. The van der Waals surface area contributed by atoms with Gasteiger partial charge in [-0.3, -0.25) is 4.79 Å². The van der Waals surface area contributed by atoms with Gasteiger partial charge in [0.2, 0.25) is 5.91 Å². The van der Waals surface area contributed by atoms with Gasteiger partial charge in [-0.2, -0.15) is 5.21 Å². The van der Waals surface area contributed by atoms with E-state index in [0.717, 1.165) is 6.42 Å². The maximum absolute atomic E-state index is 12.4. The van der Waals surface area contributed by atoms with Crippen molar-refractivity contribution in [2.24, 2.45) is 5.92 Å². The number of carbonyl (C=O) groups is 1. The van der Waals surface area contributed by atoms with Gasteiger partial charge in [-0.25, -0.2) is 0 Å². The smallest absolute Gasteiger partial charge is 0.226 e. The van der Waals surface area contributed by atoms with E-state index in [1.54, 1.807) is 4.90 Å². The SMILES string of the molecule is Cc1ccc(CN(C)C(=O)[C@@H]2C[C@H]2c2nn[nH]n2)c(C)c1. The van der Waals surface area contributed by atoms with E-state index in [1.165, 1.54) is 16.7 Å². The minimum atomic E-state index is -0.00152. The Morgan fingerprint density at radius 2 is 2.24 bits per heavy atom. The zero-order chi connectivity index (χ0) is 15.0. The summed E-state index contributed by atoms with van der Waals surface area (Å²) in [5.74, 6) is 0.925. The molecule has 1 aromatic heterocycles. The highest BCUT2D eigenvalue weighted by molar-refractivity contribution is 5.82. The average Bonchev–Trinajstić information content (AvgIpc) is 3.06. The van der Waals surface area contributed by atoms with Gasteiger partial charge in [-0.1, -0.05) is 29.0 Å². The summed E-state index contributed by atoms with van der Waals surface area (Å²) >= 11 is 0. The summed E-state index contributed by atoms with van der Waals surface area (Å²) in [5.41, 5.74) is 3.65. The third-order valence-corrected chi connectivity index (χ3v) is 4.08. The second-order valence-corrected chi connectivity index (χ2v) is 5.84. The Morgan fingerprint density at radius 1 is 1.43 bits per heavy atom. The molecule has 6 nitrogen and oxygen atoms in total. The topological polar surface area (TPSA) is 74.8 Å². The van der Waals surface area contributed by atoms with Crippen LogP contribution in [0.1, 0.15) is 34.9 Å². The van der Waals surface area contributed by atoms with E-state index in [-0.39, 0.29) is 17.7 Å². The molecule has 2 atom stereocenters. The van der Waals surface area contributed by atoms with Crippen LogP contribution in [0.25, 0.3) is 0 Å². The minimum Gasteiger partial charge on any atom is -0.341 e. The molecule has 1 heterocycles. The number of amides is 1. The van der Waals surface area contributed by atoms with E-state index < -0.39 is 0 Å². The van der Waals surface area contributed by atoms with Crippen molar-refractivity contribution in [2.75, 3.05) is 7.05 Å². The van der Waals surface area contributed by atoms with Crippen molar-refractivity contribution in [3.63, 3.8) is 0 Å². The Morgan fingerprint density at radius 3 is 2.90 bits per heavy atom. The van der Waals surface area contributed by atoms with Gasteiger partial charge in [0.15, 0.2) is 5.82 Å². The van der Waals surface area contributed by atoms with Crippen molar-refractivity contribution >= 4 is 5.91 Å². The Kier molecular flexibility index (Phi) is 3.45. The molecule has 1 aromatic carbocycles. The third-order valence-electron chi connectivity index (χ3n) is 4.08. The van der Waals surface area contributed by atoms with E-state index in [4.69, 9.17) is 0 Å². The van der Waals surface area contributed by atoms with Gasteiger partial charge in [0.25, 0.3) is 0 Å². The van der Waals surface area contributed by atoms with Crippen LogP contribution in [0.4, 0.5) is 0 Å². The second kappa shape index (κ2) is 5.27. The molecule has 21 heavy (non-hydrogen) atoms. The molecule has 0 radical (unpaired) electrons. The molecule has 0 unspecified atom stereocenters. The fraction of sp³-hybridized carbons (Fsp3) is 0.467. The van der Waals surface area contributed by atoms with Crippen LogP contribution in [0.3, 0.4) is 0 Å². The second-order valence-electron chi connectivity index (χ2n) is 5.84. The van der Waals surface area contributed by atoms with Crippen LogP contribution in [0.2, 0.25) is 0 Å². The highest BCUT2D eigenvalue weighted by atomic mass is 16.2. The predicted octanol–water partition coefficient (Wildman–Crippen LogP) is 1.58. The van der Waals surface area contributed by atoms with Gasteiger partial charge in [-0.05, 0) is 31.4 Å². The Labute approximate surface area is 123 Å². The maximum atomic E-state index is 12.4. The van der Waals surface area contributed by atoms with E-state index in [0.29, 0.717) is 12.4 Å². The van der Waals surface area contributed by atoms with Crippen LogP contribution in [-0.4, -0.2) is 38.5 Å². The third kappa shape index (κ3) is 2.79. The molecule has 1 fully saturated rings. The molecule has 3 rings (SSSR count). The molecule has 0 spiro atoms. The van der Waals surface area contributed by atoms with Crippen LogP contribution < -0.4 is 0 Å². The number of benzene rings is 1. The summed E-state index contributed by atoms with van der Waals surface area (Å²) in [4.78, 5) is 14.2. The fourth-order valence-corrected chi connectivity index (χ4v) is 2.72. The Bertz CT molecular complexity index is 652. The number of H-pyrrole nitrogens is 1. The maximum Gasteiger partial charge on any atom is 0.226 e. The van der Waals surface area contributed by atoms with Crippen molar-refractivity contribution in [1.82, 2.24) is 25.5 Å². The Hall–Kier alpha value is -2.24. The van der Waals surface area contributed by atoms with E-state index in [1.807, 2.05) is 7.05 Å². The molecule has 1 N–H and O–H groups in total. The zero-order valence-electron chi connectivity index (χ0n) is 12.5. The first-order valence-electron chi connectivity index (χ1n) is 7.10. The number of aryl methyl sites for hydroxylation is 2. The molecular formula is C15H19N5O. The minimum absolute atomic E-state index is 0.00152. The molecule has 1 amide bonds. The highest BCUT2D eigenvalue weighted by Gasteiger charge is 2.47. The first-order valence-corrected chi connectivity index (χ1v) is 7.10. The lowest BCUT2D eigenvalue weighted by atomic mass is 10.1. The largest absolute Gasteiger partial charge is 0.341 e. The normalized spacial score (nSPS) is 20.3. The number of aromatic nitrogens is 4. The summed E-state index contributed by atoms with van der Waals surface area (Å²) < 4.78 is 0. The molecule has 0 bridgehead atoms. The van der Waals surface area contributed by atoms with Crippen molar-refractivity contribution in [1.29, 1.82) is 0 Å². The number of hydrogen-bond donors (Lipinski definition) is 1. The average molecular weight is 285 g/mol. The molecule has 110 valence electrons. The molecule has 2 aromatic rings. The molecule has 1 aliphatic carbocycles. The summed E-state index contributed by atoms with van der Waals surface area (Å²) in [6.45, 7) is 4.80. The van der Waals surface area contributed by atoms with Gasteiger partial charge in [-0.15, -0.1) is 10.2 Å². The molecule has 0 saturated heterocycles. The number of hydrogen-bond acceptors (Lipinski definition) is 4. The van der Waals surface area contributed by atoms with Crippen molar-refractivity contribution < 1.29 is 4.79 Å². The van der Waals surface area contributed by atoms with Gasteiger partial charge in [0.1, 0.15) is 0 Å². The fourth-order valence-electron chi connectivity index (χ4n) is 2.72. The standard InChI is InChI=1S/C15H19N5O/c1-9-4-5-11(10(2)6-9)8-20(3)15(21)13-7-12(13)14-16-18-19-17-14/h4-6,12-13H,7-8H2,1-3H3,(H,16,17,18,19)/t12-,13-/m1/s1. The first-order chi connectivity index (χ1) is 10.1. The number of nitrogens with one attached hydrogen (secondary N) is 1. The van der Waals surface area contributed by atoms with E-state index >= 15 is 0 Å². The number of nitrogens with zero attached hydrogens (tertiary/aromatic N) is 4. The monoisotopic (exact) mass is 285 g/mol. The molecule has 1 aliphatic rings. The molecule has 1 saturated carbocycles. The van der Waals surface area contributed by atoms with Crippen LogP contribution in [0, 0.1) is 19.8 Å². The van der Waals surface area contributed by atoms with Crippen molar-refractivity contribution in [3.8, 4) is 0 Å². The van der Waals surface area contributed by atoms with Gasteiger partial charge < -0.3 is 4.90 Å². The predicted molar refractivity (Wildman–Crippen MR) is 77.4 cm³/mol. The van der Waals surface area contributed by atoms with Gasteiger partial charge in [0, 0.05) is 25.4 Å². The quantitative estimate of drug-likeness (QED) is 0.925. The van der Waals surface area contributed by atoms with Crippen molar-refractivity contribution in [2.45, 2.75) is 32.7 Å². The lowest BCUT2D eigenvalue weighted by molar-refractivity contribution is -0.131. The van der Waals surface area contributed by atoms with Crippen LogP contribution >= 0.6 is 0 Å². The van der Waals surface area contributed by atoms with Gasteiger partial charge >= 0.3 is 0 Å². The molecule has 6 heteroatoms. The first kappa shape index (κ1) is 13.7. The number of rotatable bonds is 4. The molecular weight excluding hydrogens is 266 g/mol. The van der Waals surface area contributed by atoms with E-state index in [2.05, 4.69) is 52.7 Å². The van der Waals surface area contributed by atoms with Crippen LogP contribution in [-0.2, 0) is 11.3 Å². The van der Waals surface area contributed by atoms with Crippen LogP contribution in [0.5, 0.6) is 0 Å². The lowest BCUT2D eigenvalue weighted by Gasteiger charge is -2.19. The summed E-state index contributed by atoms with van der Waals surface area (Å²) in [7, 11) is 1.85. The highest BCUT2D eigenvalue weighted by Crippen LogP contribution is 2.46. The summed E-state index contributed by atoms with van der Waals surface area (Å²) in [6.07, 6.45) is 0.815. The number of tetrazole rings is 1. The zero-order valence-corrected chi connectivity index (χ0v) is 12.5. The summed E-state index contributed by atoms with van der Waals surface area (Å²) in [6, 6.07) is 6.32. The number of carbonyl (C=O) groups excluding carboxylic acids is 1. The van der Waals surface area contributed by atoms with E-state index in [9.17, 15) is 4.79 Å².